The van der Waals surface area contributed by atoms with Crippen molar-refractivity contribution in [2.75, 3.05) is 18.1 Å². The van der Waals surface area contributed by atoms with Gasteiger partial charge in [0.1, 0.15) is 0 Å². The molecular formula is C10H20N2O2S2. The van der Waals surface area contributed by atoms with Gasteiger partial charge >= 0.3 is 0 Å². The molecule has 1 unspecified atom stereocenters. The Balaban J connectivity index is 2.29. The molecule has 1 heterocycles. The Hall–Kier alpha value is -0.360. The van der Waals surface area contributed by atoms with E-state index in [4.69, 9.17) is 12.2 Å². The molecule has 0 aromatic heterocycles. The van der Waals surface area contributed by atoms with Crippen LogP contribution in [0.3, 0.4) is 0 Å². The van der Waals surface area contributed by atoms with Crippen LogP contribution in [-0.2, 0) is 9.84 Å². The summed E-state index contributed by atoms with van der Waals surface area (Å²) in [5.74, 6) is 0.807. The molecule has 0 radical (unpaired) electrons. The van der Waals surface area contributed by atoms with Gasteiger partial charge < -0.3 is 10.6 Å². The van der Waals surface area contributed by atoms with E-state index >= 15 is 0 Å². The van der Waals surface area contributed by atoms with Crippen LogP contribution in [0.15, 0.2) is 0 Å². The highest BCUT2D eigenvalue weighted by Crippen LogP contribution is 2.17. The first-order valence-electron chi connectivity index (χ1n) is 5.44. The Morgan fingerprint density at radius 2 is 2.06 bits per heavy atom. The maximum atomic E-state index is 11.2. The van der Waals surface area contributed by atoms with Crippen LogP contribution in [0.1, 0.15) is 27.2 Å². The molecule has 0 aliphatic carbocycles. The molecule has 0 aromatic rings. The highest BCUT2D eigenvalue weighted by Gasteiger charge is 2.27. The van der Waals surface area contributed by atoms with Crippen LogP contribution >= 0.6 is 12.2 Å². The SMILES string of the molecule is CC(C)(C)NC(=S)NCC1CCS(=O)(=O)C1. The van der Waals surface area contributed by atoms with E-state index in [0.717, 1.165) is 6.42 Å². The number of hydrogen-bond acceptors (Lipinski definition) is 3. The lowest BCUT2D eigenvalue weighted by atomic mass is 10.1. The lowest BCUT2D eigenvalue weighted by Gasteiger charge is -2.23. The second kappa shape index (κ2) is 4.87. The van der Waals surface area contributed by atoms with E-state index in [1.165, 1.54) is 0 Å². The Kier molecular flexibility index (Phi) is 4.17. The fraction of sp³-hybridized carbons (Fsp3) is 0.900. The van der Waals surface area contributed by atoms with Gasteiger partial charge in [0, 0.05) is 12.1 Å². The van der Waals surface area contributed by atoms with Crippen molar-refractivity contribution in [3.8, 4) is 0 Å². The Bertz CT molecular complexity index is 358. The molecule has 0 spiro atoms. The van der Waals surface area contributed by atoms with E-state index in [9.17, 15) is 8.42 Å². The third-order valence-corrected chi connectivity index (χ3v) is 4.45. The molecule has 0 amide bonds. The van der Waals surface area contributed by atoms with E-state index in [1.807, 2.05) is 20.8 Å². The normalized spacial score (nSPS) is 24.1. The molecule has 16 heavy (non-hydrogen) atoms. The van der Waals surface area contributed by atoms with Gasteiger partial charge in [0.05, 0.1) is 11.5 Å². The minimum atomic E-state index is -2.78. The average molecular weight is 264 g/mol. The lowest BCUT2D eigenvalue weighted by molar-refractivity contribution is 0.498. The number of sulfone groups is 1. The smallest absolute Gasteiger partial charge is 0.166 e. The van der Waals surface area contributed by atoms with E-state index in [-0.39, 0.29) is 17.2 Å². The fourth-order valence-electron chi connectivity index (χ4n) is 1.65. The number of thiocarbonyl (C=S) groups is 1. The zero-order valence-corrected chi connectivity index (χ0v) is 11.7. The molecule has 0 saturated carbocycles. The van der Waals surface area contributed by atoms with Crippen LogP contribution in [0.4, 0.5) is 0 Å². The van der Waals surface area contributed by atoms with E-state index < -0.39 is 9.84 Å². The van der Waals surface area contributed by atoms with Gasteiger partial charge in [-0.1, -0.05) is 0 Å². The van der Waals surface area contributed by atoms with Gasteiger partial charge in [-0.15, -0.1) is 0 Å². The van der Waals surface area contributed by atoms with Crippen LogP contribution in [0.5, 0.6) is 0 Å². The van der Waals surface area contributed by atoms with Crippen molar-refractivity contribution < 1.29 is 8.42 Å². The summed E-state index contributed by atoms with van der Waals surface area (Å²) < 4.78 is 22.5. The Morgan fingerprint density at radius 1 is 1.44 bits per heavy atom. The van der Waals surface area contributed by atoms with Crippen molar-refractivity contribution in [2.24, 2.45) is 5.92 Å². The second-order valence-electron chi connectivity index (χ2n) is 5.35. The van der Waals surface area contributed by atoms with Crippen LogP contribution < -0.4 is 10.6 Å². The standard InChI is InChI=1S/C10H20N2O2S2/c1-10(2,3)12-9(15)11-6-8-4-5-16(13,14)7-8/h8H,4-7H2,1-3H3,(H2,11,12,15). The van der Waals surface area contributed by atoms with E-state index in [2.05, 4.69) is 10.6 Å². The van der Waals surface area contributed by atoms with Crippen LogP contribution in [-0.4, -0.2) is 37.1 Å². The predicted octanol–water partition coefficient (Wildman–Crippen LogP) is 0.684. The predicted molar refractivity (Wildman–Crippen MR) is 70.3 cm³/mol. The second-order valence-corrected chi connectivity index (χ2v) is 7.99. The summed E-state index contributed by atoms with van der Waals surface area (Å²) in [7, 11) is -2.78. The summed E-state index contributed by atoms with van der Waals surface area (Å²) in [5.41, 5.74) is -0.0637. The van der Waals surface area contributed by atoms with Crippen molar-refractivity contribution in [1.29, 1.82) is 0 Å². The Morgan fingerprint density at radius 3 is 2.50 bits per heavy atom. The van der Waals surface area contributed by atoms with Gasteiger partial charge in [-0.05, 0) is 45.3 Å². The third kappa shape index (κ3) is 5.12. The topological polar surface area (TPSA) is 58.2 Å². The minimum Gasteiger partial charge on any atom is -0.362 e. The average Bonchev–Trinajstić information content (AvgIpc) is 2.39. The third-order valence-electron chi connectivity index (χ3n) is 2.37. The molecule has 1 atom stereocenters. The highest BCUT2D eigenvalue weighted by atomic mass is 32.2. The zero-order valence-electron chi connectivity index (χ0n) is 10.0. The number of hydrogen-bond donors (Lipinski definition) is 2. The summed E-state index contributed by atoms with van der Waals surface area (Å²) in [5, 5.41) is 6.80. The lowest BCUT2D eigenvalue weighted by Crippen LogP contribution is -2.47. The molecule has 1 aliphatic rings. The molecule has 6 heteroatoms. The monoisotopic (exact) mass is 264 g/mol. The first-order valence-corrected chi connectivity index (χ1v) is 7.67. The van der Waals surface area contributed by atoms with E-state index in [0.29, 0.717) is 17.4 Å². The van der Waals surface area contributed by atoms with Crippen molar-refractivity contribution in [3.05, 3.63) is 0 Å². The maximum absolute atomic E-state index is 11.2. The molecular weight excluding hydrogens is 244 g/mol. The zero-order chi connectivity index (χ0) is 12.4. The summed E-state index contributed by atoms with van der Waals surface area (Å²) >= 11 is 5.12. The molecule has 1 saturated heterocycles. The first kappa shape index (κ1) is 13.7. The Labute approximate surface area is 103 Å². The number of rotatable bonds is 2. The van der Waals surface area contributed by atoms with Gasteiger partial charge in [-0.2, -0.15) is 0 Å². The maximum Gasteiger partial charge on any atom is 0.166 e. The molecule has 4 nitrogen and oxygen atoms in total. The van der Waals surface area contributed by atoms with Gasteiger partial charge in [0.25, 0.3) is 0 Å². The molecule has 1 rings (SSSR count). The van der Waals surface area contributed by atoms with Gasteiger partial charge in [-0.25, -0.2) is 8.42 Å². The van der Waals surface area contributed by atoms with Gasteiger partial charge in [0.15, 0.2) is 14.9 Å². The quantitative estimate of drug-likeness (QED) is 0.719. The van der Waals surface area contributed by atoms with E-state index in [1.54, 1.807) is 0 Å². The highest BCUT2D eigenvalue weighted by molar-refractivity contribution is 7.91. The molecule has 1 fully saturated rings. The minimum absolute atomic E-state index is 0.0637. The van der Waals surface area contributed by atoms with Crippen LogP contribution in [0, 0.1) is 5.92 Å². The summed E-state index contributed by atoms with van der Waals surface area (Å²) in [6, 6.07) is 0. The van der Waals surface area contributed by atoms with Crippen LogP contribution in [0.2, 0.25) is 0 Å². The number of nitrogens with one attached hydrogen (secondary N) is 2. The summed E-state index contributed by atoms with van der Waals surface area (Å²) in [6.45, 7) is 6.73. The molecule has 94 valence electrons. The largest absolute Gasteiger partial charge is 0.362 e. The van der Waals surface area contributed by atoms with Crippen molar-refractivity contribution in [3.63, 3.8) is 0 Å². The molecule has 1 aliphatic heterocycles. The van der Waals surface area contributed by atoms with Crippen molar-refractivity contribution >= 4 is 27.2 Å². The molecule has 0 aromatic carbocycles. The van der Waals surface area contributed by atoms with Gasteiger partial charge in [-0.3, -0.25) is 0 Å². The summed E-state index contributed by atoms with van der Waals surface area (Å²) in [4.78, 5) is 0. The first-order chi connectivity index (χ1) is 7.18. The molecule has 2 N–H and O–H groups in total. The van der Waals surface area contributed by atoms with Crippen LogP contribution in [0.25, 0.3) is 0 Å². The summed E-state index contributed by atoms with van der Waals surface area (Å²) in [6.07, 6.45) is 0.744. The van der Waals surface area contributed by atoms with Crippen molar-refractivity contribution in [1.82, 2.24) is 10.6 Å². The van der Waals surface area contributed by atoms with Crippen molar-refractivity contribution in [2.45, 2.75) is 32.7 Å². The molecule has 0 bridgehead atoms. The van der Waals surface area contributed by atoms with Gasteiger partial charge in [0.2, 0.25) is 0 Å². The fourth-order valence-corrected chi connectivity index (χ4v) is 3.91.